The first-order valence-corrected chi connectivity index (χ1v) is 30.1. The van der Waals surface area contributed by atoms with Crippen LogP contribution in [-0.2, 0) is 16.2 Å². The third kappa shape index (κ3) is 5.93. The molecule has 2 aliphatic heterocycles. The van der Waals surface area contributed by atoms with Crippen molar-refractivity contribution in [3.63, 3.8) is 0 Å². The predicted octanol–water partition coefficient (Wildman–Crippen LogP) is 18.4. The van der Waals surface area contributed by atoms with Crippen LogP contribution in [0.2, 0.25) is 0 Å². The number of aryl methyl sites for hydroxylation is 1. The lowest BCUT2D eigenvalue weighted by Gasteiger charge is -2.44. The molecular formula is C77H61BN2S. The van der Waals surface area contributed by atoms with Gasteiger partial charge in [-0.1, -0.05) is 218 Å². The number of fused-ring (bicyclic) bond motifs is 25. The van der Waals surface area contributed by atoms with Crippen LogP contribution in [0.1, 0.15) is 126 Å². The first-order valence-electron chi connectivity index (χ1n) is 29.3. The molecule has 2 spiro atoms. The normalized spacial score (nSPS) is 15.3. The van der Waals surface area contributed by atoms with Gasteiger partial charge in [0.2, 0.25) is 0 Å². The summed E-state index contributed by atoms with van der Waals surface area (Å²) in [6, 6.07) is 83.6. The second-order valence-corrected chi connectivity index (χ2v) is 26.6. The lowest BCUT2D eigenvalue weighted by molar-refractivity contribution is 0.588. The van der Waals surface area contributed by atoms with Crippen LogP contribution in [-0.4, -0.2) is 6.71 Å². The highest BCUT2D eigenvalue weighted by atomic mass is 32.1. The van der Waals surface area contributed by atoms with E-state index >= 15 is 0 Å². The van der Waals surface area contributed by atoms with E-state index in [4.69, 9.17) is 0 Å². The zero-order valence-electron chi connectivity index (χ0n) is 47.2. The molecule has 3 heterocycles. The van der Waals surface area contributed by atoms with Crippen LogP contribution < -0.4 is 25.5 Å². The number of benzene rings is 10. The van der Waals surface area contributed by atoms with Gasteiger partial charge in [-0.3, -0.25) is 0 Å². The molecule has 10 aromatic carbocycles. The Balaban J connectivity index is 1.04. The summed E-state index contributed by atoms with van der Waals surface area (Å²) in [6.07, 6.45) is 0. The summed E-state index contributed by atoms with van der Waals surface area (Å²) in [5, 5.41) is 0. The van der Waals surface area contributed by atoms with Gasteiger partial charge < -0.3 is 9.80 Å². The maximum atomic E-state index is 2.72. The Morgan fingerprint density at radius 2 is 0.864 bits per heavy atom. The fourth-order valence-electron chi connectivity index (χ4n) is 16.0. The molecule has 0 bridgehead atoms. The average Bonchev–Trinajstić information content (AvgIpc) is 3.93. The van der Waals surface area contributed by atoms with E-state index in [1.165, 1.54) is 160 Å². The van der Waals surface area contributed by atoms with Gasteiger partial charge in [0.1, 0.15) is 0 Å². The molecule has 0 atom stereocenters. The molecule has 11 aromatic rings. The maximum Gasteiger partial charge on any atom is 0.264 e. The fourth-order valence-corrected chi connectivity index (χ4v) is 17.7. The van der Waals surface area contributed by atoms with Gasteiger partial charge in [-0.25, -0.2) is 0 Å². The summed E-state index contributed by atoms with van der Waals surface area (Å²) in [5.74, 6) is 0.824. The Morgan fingerprint density at radius 1 is 0.420 bits per heavy atom. The third-order valence-electron chi connectivity index (χ3n) is 19.6. The van der Waals surface area contributed by atoms with Crippen molar-refractivity contribution in [1.82, 2.24) is 0 Å². The van der Waals surface area contributed by atoms with E-state index in [2.05, 4.69) is 289 Å². The molecule has 1 aromatic heterocycles. The van der Waals surface area contributed by atoms with Crippen molar-refractivity contribution in [2.45, 2.75) is 83.5 Å². The largest absolute Gasteiger partial charge is 0.311 e. The quantitative estimate of drug-likeness (QED) is 0.162. The van der Waals surface area contributed by atoms with E-state index in [1.807, 2.05) is 0 Å². The minimum Gasteiger partial charge on any atom is -0.311 e. The lowest BCUT2D eigenvalue weighted by Crippen LogP contribution is -2.60. The smallest absolute Gasteiger partial charge is 0.264 e. The first-order chi connectivity index (χ1) is 39.4. The minimum atomic E-state index is -0.526. The van der Waals surface area contributed by atoms with Crippen LogP contribution in [0.5, 0.6) is 0 Å². The minimum absolute atomic E-state index is 0.0508. The van der Waals surface area contributed by atoms with Crippen LogP contribution in [0.25, 0.3) is 44.5 Å². The van der Waals surface area contributed by atoms with E-state index in [9.17, 15) is 0 Å². The predicted molar refractivity (Wildman–Crippen MR) is 343 cm³/mol. The molecule has 81 heavy (non-hydrogen) atoms. The lowest BCUT2D eigenvalue weighted by atomic mass is 9.35. The van der Waals surface area contributed by atoms with E-state index < -0.39 is 10.8 Å². The molecule has 17 rings (SSSR count). The van der Waals surface area contributed by atoms with Gasteiger partial charge in [-0.2, -0.15) is 0 Å². The zero-order chi connectivity index (χ0) is 54.6. The molecule has 4 aliphatic carbocycles. The molecule has 0 fully saturated rings. The summed E-state index contributed by atoms with van der Waals surface area (Å²) in [5.41, 5.74) is 34.7. The molecule has 0 saturated heterocycles. The number of nitrogens with zero attached hydrogens (tertiary/aromatic N) is 2. The highest BCUT2D eigenvalue weighted by Crippen LogP contribution is 2.68. The molecular weight excluding hydrogens is 996 g/mol. The second kappa shape index (κ2) is 16.4. The Bertz CT molecular complexity index is 4450. The van der Waals surface area contributed by atoms with Crippen molar-refractivity contribution in [1.29, 1.82) is 0 Å². The van der Waals surface area contributed by atoms with Crippen LogP contribution in [0, 0.1) is 6.92 Å². The molecule has 0 amide bonds. The summed E-state index contributed by atoms with van der Waals surface area (Å²) in [7, 11) is 0. The molecule has 0 N–H and O–H groups in total. The number of thiophene rings is 1. The Hall–Kier alpha value is -8.44. The Labute approximate surface area is 481 Å². The molecule has 4 heteroatoms. The molecule has 2 nitrogen and oxygen atoms in total. The monoisotopic (exact) mass is 1060 g/mol. The Morgan fingerprint density at radius 3 is 1.36 bits per heavy atom. The maximum absolute atomic E-state index is 2.72. The SMILES string of the molecule is Cc1cc2c3c(c1)N(c1ccc(C(C)C)cc1)c1c(sc4c1-c1ccc(C(C)(C)C)cc1C41c4ccccc4-c4ccccc41)B3c1cc3c(cc1N2c1ccc(C(C)C)cc1)-c1ccccc1C31c2ccccc2-c2ccccc21. The van der Waals surface area contributed by atoms with Gasteiger partial charge in [0.25, 0.3) is 6.71 Å². The number of anilines is 6. The van der Waals surface area contributed by atoms with Crippen molar-refractivity contribution in [3.8, 4) is 44.5 Å². The molecule has 388 valence electrons. The highest BCUT2D eigenvalue weighted by molar-refractivity contribution is 7.30. The summed E-state index contributed by atoms with van der Waals surface area (Å²) >= 11 is 2.09. The topological polar surface area (TPSA) is 6.48 Å². The molecule has 0 unspecified atom stereocenters. The van der Waals surface area contributed by atoms with Gasteiger partial charge in [-0.05, 0) is 178 Å². The van der Waals surface area contributed by atoms with Crippen molar-refractivity contribution < 1.29 is 0 Å². The summed E-state index contributed by atoms with van der Waals surface area (Å²) in [4.78, 5) is 6.79. The van der Waals surface area contributed by atoms with Crippen LogP contribution >= 0.6 is 11.3 Å². The fraction of sp³-hybridized carbons (Fsp3) is 0.169. The van der Waals surface area contributed by atoms with Gasteiger partial charge >= 0.3 is 0 Å². The standard InChI is InChI=1S/C77H61BN2S/c1-44(2)47-29-34-50(35-30-47)79-67-42-58-56-23-13-16-26-61(56)76(59-24-14-9-19-52(59)53-20-10-15-25-60(53)76)65(58)43-66(67)78-71-68(79)39-46(5)40-69(71)80(51-36-31-48(32-37-51)45(3)4)72-70-57-38-33-49(75(6,7)8)41-64(57)77(73(70)81-74(72)78)62-27-17-11-21-54(62)55-22-12-18-28-63(55)77/h9-45H,1-8H3. The van der Waals surface area contributed by atoms with Crippen molar-refractivity contribution in [2.75, 3.05) is 9.80 Å². The van der Waals surface area contributed by atoms with Crippen LogP contribution in [0.15, 0.2) is 212 Å². The van der Waals surface area contributed by atoms with E-state index in [-0.39, 0.29) is 12.1 Å². The van der Waals surface area contributed by atoms with Crippen molar-refractivity contribution >= 4 is 67.9 Å². The van der Waals surface area contributed by atoms with Crippen molar-refractivity contribution in [2.24, 2.45) is 0 Å². The highest BCUT2D eigenvalue weighted by Gasteiger charge is 2.58. The van der Waals surface area contributed by atoms with Gasteiger partial charge in [0, 0.05) is 43.7 Å². The summed E-state index contributed by atoms with van der Waals surface area (Å²) < 4.78 is 1.41. The van der Waals surface area contributed by atoms with Gasteiger partial charge in [-0.15, -0.1) is 11.3 Å². The molecule has 0 saturated carbocycles. The van der Waals surface area contributed by atoms with E-state index in [0.717, 1.165) is 0 Å². The first kappa shape index (κ1) is 47.4. The van der Waals surface area contributed by atoms with Crippen LogP contribution in [0.3, 0.4) is 0 Å². The third-order valence-corrected chi connectivity index (χ3v) is 21.0. The number of rotatable bonds is 4. The molecule has 6 aliphatic rings. The van der Waals surface area contributed by atoms with Gasteiger partial charge in [0.05, 0.1) is 16.5 Å². The van der Waals surface area contributed by atoms with E-state index in [0.29, 0.717) is 11.8 Å². The number of hydrogen-bond acceptors (Lipinski definition) is 3. The van der Waals surface area contributed by atoms with Gasteiger partial charge in [0.15, 0.2) is 0 Å². The Kier molecular flexibility index (Phi) is 9.57. The molecule has 0 radical (unpaired) electrons. The van der Waals surface area contributed by atoms with Crippen LogP contribution in [0.4, 0.5) is 34.1 Å². The summed E-state index contributed by atoms with van der Waals surface area (Å²) in [6.45, 7) is 18.6. The second-order valence-electron chi connectivity index (χ2n) is 25.5. The number of hydrogen-bond donors (Lipinski definition) is 0. The van der Waals surface area contributed by atoms with E-state index in [1.54, 1.807) is 0 Å². The zero-order valence-corrected chi connectivity index (χ0v) is 48.1. The average molecular weight is 1060 g/mol. The van der Waals surface area contributed by atoms with Crippen molar-refractivity contribution in [3.05, 3.63) is 278 Å².